The highest BCUT2D eigenvalue weighted by atomic mass is 16.6. The van der Waals surface area contributed by atoms with Crippen molar-refractivity contribution < 1.29 is 56.9 Å². The van der Waals surface area contributed by atoms with E-state index in [0.717, 1.165) is 11.4 Å². The molecule has 0 fully saturated rings. The van der Waals surface area contributed by atoms with E-state index in [1.54, 1.807) is 24.3 Å². The van der Waals surface area contributed by atoms with Crippen molar-refractivity contribution in [3.8, 4) is 5.75 Å². The summed E-state index contributed by atoms with van der Waals surface area (Å²) >= 11 is 0. The third-order valence-electron chi connectivity index (χ3n) is 5.22. The molecule has 0 spiro atoms. The van der Waals surface area contributed by atoms with Gasteiger partial charge in [0.25, 0.3) is 0 Å². The number of carbonyl (C=O) groups is 1. The number of rotatable bonds is 33. The molecule has 0 aromatic heterocycles. The highest BCUT2D eigenvalue weighted by Crippen LogP contribution is 2.15. The summed E-state index contributed by atoms with van der Waals surface area (Å²) in [6.45, 7) is 14.4. The molecule has 43 heavy (non-hydrogen) atoms. The van der Waals surface area contributed by atoms with Gasteiger partial charge in [0.2, 0.25) is 5.91 Å². The molecular weight excluding hydrogens is 566 g/mol. The average molecular weight is 620 g/mol. The molecule has 0 saturated heterocycles. The monoisotopic (exact) mass is 619 g/mol. The molecule has 1 rings (SSSR count). The summed E-state index contributed by atoms with van der Waals surface area (Å²) in [6, 6.07) is 7.18. The van der Waals surface area contributed by atoms with Crippen LogP contribution in [0.25, 0.3) is 0 Å². The van der Waals surface area contributed by atoms with Gasteiger partial charge >= 0.3 is 0 Å². The zero-order chi connectivity index (χ0) is 30.9. The van der Waals surface area contributed by atoms with Crippen LogP contribution in [0.5, 0.6) is 5.75 Å². The molecule has 0 bridgehead atoms. The van der Waals surface area contributed by atoms with Crippen LogP contribution in [0.3, 0.4) is 0 Å². The molecule has 0 aliphatic rings. The van der Waals surface area contributed by atoms with Gasteiger partial charge in [-0.1, -0.05) is 0 Å². The number of carbonyl (C=O) groups excluding carboxylic acids is 1. The molecule has 1 aromatic rings. The molecule has 0 aliphatic heterocycles. The molecule has 0 atom stereocenters. The van der Waals surface area contributed by atoms with Gasteiger partial charge in [0.05, 0.1) is 126 Å². The van der Waals surface area contributed by atoms with Gasteiger partial charge in [-0.15, -0.1) is 0 Å². The Hall–Kier alpha value is -1.91. The van der Waals surface area contributed by atoms with Crippen LogP contribution < -0.4 is 10.1 Å². The first-order valence-electron chi connectivity index (χ1n) is 15.0. The first-order chi connectivity index (χ1) is 21.2. The van der Waals surface area contributed by atoms with Crippen LogP contribution in [0.15, 0.2) is 24.3 Å². The zero-order valence-corrected chi connectivity index (χ0v) is 26.1. The molecule has 0 heterocycles. The fraction of sp³-hybridized carbons (Fsp3) is 0.767. The minimum atomic E-state index is -0.107. The molecule has 1 aromatic carbocycles. The predicted molar refractivity (Wildman–Crippen MR) is 160 cm³/mol. The molecule has 0 aliphatic carbocycles. The quantitative estimate of drug-likeness (QED) is 0.116. The number of anilines is 1. The summed E-state index contributed by atoms with van der Waals surface area (Å²) in [4.78, 5) is 11.0. The fourth-order valence-electron chi connectivity index (χ4n) is 3.18. The molecule has 1 amide bonds. The second-order valence-corrected chi connectivity index (χ2v) is 8.76. The Bertz CT molecular complexity index is 726. The van der Waals surface area contributed by atoms with E-state index in [9.17, 15) is 4.79 Å². The molecular formula is C30H53NO12. The van der Waals surface area contributed by atoms with Gasteiger partial charge in [0.1, 0.15) is 12.4 Å². The van der Waals surface area contributed by atoms with Crippen LogP contribution >= 0.6 is 0 Å². The number of hydrogen-bond donors (Lipinski definition) is 1. The van der Waals surface area contributed by atoms with E-state index >= 15 is 0 Å². The number of hydrogen-bond acceptors (Lipinski definition) is 12. The normalized spacial score (nSPS) is 11.2. The van der Waals surface area contributed by atoms with Crippen LogP contribution in [0.1, 0.15) is 13.8 Å². The number of nitrogens with one attached hydrogen (secondary N) is 1. The molecule has 13 heteroatoms. The summed E-state index contributed by atoms with van der Waals surface area (Å²) in [5, 5.41) is 2.71. The minimum absolute atomic E-state index is 0.107. The van der Waals surface area contributed by atoms with Crippen molar-refractivity contribution in [3.63, 3.8) is 0 Å². The number of amides is 1. The van der Waals surface area contributed by atoms with E-state index in [0.29, 0.717) is 139 Å². The summed E-state index contributed by atoms with van der Waals surface area (Å²) in [7, 11) is 0. The maximum absolute atomic E-state index is 11.0. The number of ether oxygens (including phenoxy) is 11. The molecule has 0 unspecified atom stereocenters. The van der Waals surface area contributed by atoms with Crippen LogP contribution in [0, 0.1) is 0 Å². The van der Waals surface area contributed by atoms with E-state index in [1.165, 1.54) is 6.92 Å². The zero-order valence-electron chi connectivity index (χ0n) is 26.1. The SMILES string of the molecule is CCOCCOCCOCCOCCOCCOCCOCCOCCOCCOCCOc1ccc(NC(C)=O)cc1. The van der Waals surface area contributed by atoms with Crippen molar-refractivity contribution in [3.05, 3.63) is 24.3 Å². The van der Waals surface area contributed by atoms with Gasteiger partial charge in [-0.2, -0.15) is 0 Å². The summed E-state index contributed by atoms with van der Waals surface area (Å²) in [6.07, 6.45) is 0. The largest absolute Gasteiger partial charge is 0.491 e. The molecule has 13 nitrogen and oxygen atoms in total. The molecule has 0 saturated carbocycles. The lowest BCUT2D eigenvalue weighted by Crippen LogP contribution is -2.15. The van der Waals surface area contributed by atoms with Gasteiger partial charge < -0.3 is 57.4 Å². The van der Waals surface area contributed by atoms with Crippen molar-refractivity contribution in [1.82, 2.24) is 0 Å². The summed E-state index contributed by atoms with van der Waals surface area (Å²) in [5.74, 6) is 0.611. The third-order valence-corrected chi connectivity index (χ3v) is 5.22. The van der Waals surface area contributed by atoms with Crippen molar-refractivity contribution in [1.29, 1.82) is 0 Å². The fourth-order valence-corrected chi connectivity index (χ4v) is 3.18. The smallest absolute Gasteiger partial charge is 0.221 e. The first kappa shape index (κ1) is 39.1. The lowest BCUT2D eigenvalue weighted by molar-refractivity contribution is -0.114. The maximum atomic E-state index is 11.0. The van der Waals surface area contributed by atoms with E-state index < -0.39 is 0 Å². The Labute approximate surface area is 256 Å². The highest BCUT2D eigenvalue weighted by molar-refractivity contribution is 5.88. The van der Waals surface area contributed by atoms with E-state index in [4.69, 9.17) is 52.1 Å². The Balaban J connectivity index is 1.67. The summed E-state index contributed by atoms with van der Waals surface area (Å²) in [5.41, 5.74) is 0.733. The lowest BCUT2D eigenvalue weighted by atomic mass is 10.3. The first-order valence-corrected chi connectivity index (χ1v) is 15.0. The Morgan fingerprint density at radius 1 is 0.465 bits per heavy atom. The van der Waals surface area contributed by atoms with E-state index in [2.05, 4.69) is 5.32 Å². The Kier molecular flexibility index (Phi) is 28.7. The maximum Gasteiger partial charge on any atom is 0.221 e. The third kappa shape index (κ3) is 28.6. The minimum Gasteiger partial charge on any atom is -0.491 e. The van der Waals surface area contributed by atoms with E-state index in [1.807, 2.05) is 6.92 Å². The van der Waals surface area contributed by atoms with E-state index in [-0.39, 0.29) is 5.91 Å². The topological polar surface area (TPSA) is 131 Å². The highest BCUT2D eigenvalue weighted by Gasteiger charge is 1.99. The van der Waals surface area contributed by atoms with Gasteiger partial charge in [-0.3, -0.25) is 4.79 Å². The van der Waals surface area contributed by atoms with Crippen molar-refractivity contribution in [2.45, 2.75) is 13.8 Å². The van der Waals surface area contributed by atoms with Crippen molar-refractivity contribution in [2.75, 3.05) is 144 Å². The van der Waals surface area contributed by atoms with Gasteiger partial charge in [-0.05, 0) is 31.2 Å². The van der Waals surface area contributed by atoms with Gasteiger partial charge in [0, 0.05) is 19.2 Å². The predicted octanol–water partition coefficient (Wildman–Crippen LogP) is 2.21. The molecule has 0 radical (unpaired) electrons. The van der Waals surface area contributed by atoms with Gasteiger partial charge in [-0.25, -0.2) is 0 Å². The van der Waals surface area contributed by atoms with Crippen LogP contribution in [0.2, 0.25) is 0 Å². The second kappa shape index (κ2) is 31.5. The average Bonchev–Trinajstić information content (AvgIpc) is 3.00. The van der Waals surface area contributed by atoms with Crippen molar-refractivity contribution in [2.24, 2.45) is 0 Å². The Morgan fingerprint density at radius 2 is 0.744 bits per heavy atom. The van der Waals surface area contributed by atoms with Crippen LogP contribution in [0.4, 0.5) is 5.69 Å². The van der Waals surface area contributed by atoms with Crippen LogP contribution in [-0.4, -0.2) is 145 Å². The van der Waals surface area contributed by atoms with Crippen LogP contribution in [-0.2, 0) is 52.2 Å². The Morgan fingerprint density at radius 3 is 1.02 bits per heavy atom. The van der Waals surface area contributed by atoms with Gasteiger partial charge in [0.15, 0.2) is 0 Å². The lowest BCUT2D eigenvalue weighted by Gasteiger charge is -2.09. The molecule has 250 valence electrons. The molecule has 1 N–H and O–H groups in total. The summed E-state index contributed by atoms with van der Waals surface area (Å²) < 4.78 is 59.8. The standard InChI is InChI=1S/C30H53NO12/c1-3-33-8-9-34-10-11-35-12-13-36-14-15-37-16-17-38-18-19-39-20-21-40-22-23-41-24-25-42-26-27-43-30-6-4-29(5-7-30)31-28(2)32/h4-7H,3,8-27H2,1-2H3,(H,31,32). The second-order valence-electron chi connectivity index (χ2n) is 8.76. The number of benzene rings is 1. The van der Waals surface area contributed by atoms with Crippen molar-refractivity contribution >= 4 is 11.6 Å².